The molecule has 0 aliphatic rings. The lowest BCUT2D eigenvalue weighted by Crippen LogP contribution is -2.30. The molecule has 4 aromatic rings. The maximum absolute atomic E-state index is 12.7. The zero-order valence-corrected chi connectivity index (χ0v) is 16.0. The fraction of sp³-hybridized carbons (Fsp3) is 0.0800. The monoisotopic (exact) mass is 383 g/mol. The molecule has 1 N–H and O–H groups in total. The third kappa shape index (κ3) is 4.55. The van der Waals surface area contributed by atoms with Crippen molar-refractivity contribution < 1.29 is 14.3 Å². The lowest BCUT2D eigenvalue weighted by Gasteiger charge is -2.17. The highest BCUT2D eigenvalue weighted by atomic mass is 16.5. The Hall–Kier alpha value is -3.79. The van der Waals surface area contributed by atoms with Crippen LogP contribution in [0.2, 0.25) is 0 Å². The van der Waals surface area contributed by atoms with Gasteiger partial charge in [-0.05, 0) is 54.1 Å². The molecule has 0 spiro atoms. The molecule has 29 heavy (non-hydrogen) atoms. The van der Waals surface area contributed by atoms with Crippen molar-refractivity contribution in [3.8, 4) is 17.2 Å². The van der Waals surface area contributed by atoms with Crippen LogP contribution in [0.1, 0.15) is 6.92 Å². The summed E-state index contributed by atoms with van der Waals surface area (Å²) in [5.74, 6) is 1.68. The summed E-state index contributed by atoms with van der Waals surface area (Å²) in [5, 5.41) is 5.10. The first-order chi connectivity index (χ1) is 14.2. The van der Waals surface area contributed by atoms with E-state index in [1.807, 2.05) is 91.0 Å². The summed E-state index contributed by atoms with van der Waals surface area (Å²) in [6, 6.07) is 30.6. The second kappa shape index (κ2) is 8.48. The van der Waals surface area contributed by atoms with Gasteiger partial charge in [0, 0.05) is 0 Å². The molecule has 0 fully saturated rings. The van der Waals surface area contributed by atoms with Crippen LogP contribution >= 0.6 is 0 Å². The van der Waals surface area contributed by atoms with Crippen LogP contribution in [0.4, 0.5) is 5.69 Å². The Morgan fingerprint density at radius 2 is 1.45 bits per heavy atom. The highest BCUT2D eigenvalue weighted by molar-refractivity contribution is 5.95. The van der Waals surface area contributed by atoms with E-state index in [4.69, 9.17) is 9.47 Å². The maximum atomic E-state index is 12.7. The average molecular weight is 383 g/mol. The van der Waals surface area contributed by atoms with Gasteiger partial charge in [0.25, 0.3) is 5.91 Å². The fourth-order valence-corrected chi connectivity index (χ4v) is 3.01. The predicted octanol–water partition coefficient (Wildman–Crippen LogP) is 6.04. The fourth-order valence-electron chi connectivity index (χ4n) is 3.01. The van der Waals surface area contributed by atoms with Crippen molar-refractivity contribution >= 4 is 22.4 Å². The van der Waals surface area contributed by atoms with Gasteiger partial charge < -0.3 is 14.8 Å². The van der Waals surface area contributed by atoms with Crippen molar-refractivity contribution in [2.75, 3.05) is 5.32 Å². The highest BCUT2D eigenvalue weighted by Gasteiger charge is 2.17. The summed E-state index contributed by atoms with van der Waals surface area (Å²) in [6.07, 6.45) is -0.666. The Morgan fingerprint density at radius 3 is 2.28 bits per heavy atom. The number of benzene rings is 4. The smallest absolute Gasteiger partial charge is 0.265 e. The number of fused-ring (bicyclic) bond motifs is 1. The molecule has 0 unspecified atom stereocenters. The van der Waals surface area contributed by atoms with Crippen molar-refractivity contribution in [2.45, 2.75) is 13.0 Å². The lowest BCUT2D eigenvalue weighted by molar-refractivity contribution is -0.122. The summed E-state index contributed by atoms with van der Waals surface area (Å²) in [4.78, 5) is 12.7. The minimum Gasteiger partial charge on any atom is -0.481 e. The van der Waals surface area contributed by atoms with E-state index in [0.717, 1.165) is 10.8 Å². The second-order valence-corrected chi connectivity index (χ2v) is 6.67. The number of hydrogen-bond acceptors (Lipinski definition) is 3. The standard InChI is InChI=1S/C25H21NO3/c1-18(28-22-16-15-19-9-5-6-10-20(19)17-22)25(27)26-23-13-7-8-14-24(23)29-21-11-3-2-4-12-21/h2-18H,1H3,(H,26,27)/t18-/m1/s1. The number of carbonyl (C=O) groups excluding carboxylic acids is 1. The van der Waals surface area contributed by atoms with Gasteiger partial charge in [-0.3, -0.25) is 4.79 Å². The number of rotatable bonds is 6. The van der Waals surface area contributed by atoms with Crippen LogP contribution in [0.3, 0.4) is 0 Å². The Labute approximate surface area is 169 Å². The number of ether oxygens (including phenoxy) is 2. The molecule has 144 valence electrons. The zero-order chi connectivity index (χ0) is 20.1. The summed E-state index contributed by atoms with van der Waals surface area (Å²) in [5.41, 5.74) is 0.593. The lowest BCUT2D eigenvalue weighted by atomic mass is 10.1. The van der Waals surface area contributed by atoms with Crippen molar-refractivity contribution in [2.24, 2.45) is 0 Å². The van der Waals surface area contributed by atoms with Crippen LogP contribution in [-0.2, 0) is 4.79 Å². The van der Waals surface area contributed by atoms with Gasteiger partial charge in [0.1, 0.15) is 11.5 Å². The molecule has 1 atom stereocenters. The van der Waals surface area contributed by atoms with Crippen molar-refractivity contribution in [3.05, 3.63) is 97.1 Å². The van der Waals surface area contributed by atoms with Crippen molar-refractivity contribution in [1.82, 2.24) is 0 Å². The van der Waals surface area contributed by atoms with E-state index in [0.29, 0.717) is 22.9 Å². The minimum absolute atomic E-state index is 0.248. The van der Waals surface area contributed by atoms with E-state index in [1.165, 1.54) is 0 Å². The first kappa shape index (κ1) is 18.6. The van der Waals surface area contributed by atoms with Gasteiger partial charge in [-0.25, -0.2) is 0 Å². The van der Waals surface area contributed by atoms with Gasteiger partial charge in [0.05, 0.1) is 5.69 Å². The van der Waals surface area contributed by atoms with Crippen LogP contribution in [0, 0.1) is 0 Å². The van der Waals surface area contributed by atoms with Crippen molar-refractivity contribution in [1.29, 1.82) is 0 Å². The largest absolute Gasteiger partial charge is 0.481 e. The molecule has 4 nitrogen and oxygen atoms in total. The molecule has 0 aromatic heterocycles. The molecule has 4 heteroatoms. The predicted molar refractivity (Wildman–Crippen MR) is 116 cm³/mol. The minimum atomic E-state index is -0.666. The van der Waals surface area contributed by atoms with Crippen LogP contribution in [0.5, 0.6) is 17.2 Å². The second-order valence-electron chi connectivity index (χ2n) is 6.67. The molecular formula is C25H21NO3. The third-order valence-corrected chi connectivity index (χ3v) is 4.52. The summed E-state index contributed by atoms with van der Waals surface area (Å²) >= 11 is 0. The first-order valence-corrected chi connectivity index (χ1v) is 9.47. The number of nitrogens with one attached hydrogen (secondary N) is 1. The van der Waals surface area contributed by atoms with Gasteiger partial charge >= 0.3 is 0 Å². The number of amides is 1. The summed E-state index contributed by atoms with van der Waals surface area (Å²) < 4.78 is 11.8. The number of para-hydroxylation sites is 3. The van der Waals surface area contributed by atoms with E-state index < -0.39 is 6.10 Å². The van der Waals surface area contributed by atoms with E-state index in [-0.39, 0.29) is 5.91 Å². The van der Waals surface area contributed by atoms with Crippen LogP contribution < -0.4 is 14.8 Å². The highest BCUT2D eigenvalue weighted by Crippen LogP contribution is 2.29. The van der Waals surface area contributed by atoms with Crippen molar-refractivity contribution in [3.63, 3.8) is 0 Å². The van der Waals surface area contributed by atoms with E-state index in [2.05, 4.69) is 5.32 Å². The Bertz CT molecular complexity index is 1120. The number of carbonyl (C=O) groups is 1. The molecule has 0 saturated heterocycles. The molecule has 1 amide bonds. The maximum Gasteiger partial charge on any atom is 0.265 e. The molecule has 0 heterocycles. The molecule has 4 rings (SSSR count). The molecule has 4 aromatic carbocycles. The quantitative estimate of drug-likeness (QED) is 0.442. The molecule has 0 bridgehead atoms. The zero-order valence-electron chi connectivity index (χ0n) is 16.0. The summed E-state index contributed by atoms with van der Waals surface area (Å²) in [7, 11) is 0. The molecule has 0 radical (unpaired) electrons. The number of anilines is 1. The van der Waals surface area contributed by atoms with E-state index in [1.54, 1.807) is 13.0 Å². The van der Waals surface area contributed by atoms with E-state index in [9.17, 15) is 4.79 Å². The molecule has 0 saturated carbocycles. The van der Waals surface area contributed by atoms with Crippen LogP contribution in [-0.4, -0.2) is 12.0 Å². The first-order valence-electron chi connectivity index (χ1n) is 9.47. The number of hydrogen-bond donors (Lipinski definition) is 1. The Morgan fingerprint density at radius 1 is 0.759 bits per heavy atom. The topological polar surface area (TPSA) is 47.6 Å². The molecule has 0 aliphatic carbocycles. The van der Waals surface area contributed by atoms with Gasteiger partial charge in [0.15, 0.2) is 11.9 Å². The normalized spacial score (nSPS) is 11.6. The van der Waals surface area contributed by atoms with Gasteiger partial charge in [-0.15, -0.1) is 0 Å². The Balaban J connectivity index is 1.46. The van der Waals surface area contributed by atoms with Crippen LogP contribution in [0.25, 0.3) is 10.8 Å². The average Bonchev–Trinajstić information content (AvgIpc) is 2.75. The Kier molecular flexibility index (Phi) is 5.43. The summed E-state index contributed by atoms with van der Waals surface area (Å²) in [6.45, 7) is 1.73. The van der Waals surface area contributed by atoms with Gasteiger partial charge in [-0.1, -0.05) is 60.7 Å². The van der Waals surface area contributed by atoms with E-state index >= 15 is 0 Å². The molecule has 0 aliphatic heterocycles. The van der Waals surface area contributed by atoms with Crippen LogP contribution in [0.15, 0.2) is 97.1 Å². The van der Waals surface area contributed by atoms with Gasteiger partial charge in [-0.2, -0.15) is 0 Å². The SMILES string of the molecule is C[C@@H](Oc1ccc2ccccc2c1)C(=O)Nc1ccccc1Oc1ccccc1. The molecular weight excluding hydrogens is 362 g/mol. The van der Waals surface area contributed by atoms with Gasteiger partial charge in [0.2, 0.25) is 0 Å². The third-order valence-electron chi connectivity index (χ3n) is 4.52.